The molecule has 1 N–H and O–H groups in total. The van der Waals surface area contributed by atoms with Gasteiger partial charge in [0.25, 0.3) is 15.9 Å². The molecule has 7 nitrogen and oxygen atoms in total. The number of hydrogen-bond acceptors (Lipinski definition) is 5. The van der Waals surface area contributed by atoms with Gasteiger partial charge in [-0.2, -0.15) is 0 Å². The minimum Gasteiger partial charge on any atom is -0.497 e. The Hall–Kier alpha value is -4.30. The molecular formula is C30H28N2O5S. The van der Waals surface area contributed by atoms with Gasteiger partial charge < -0.3 is 14.8 Å². The average Bonchev–Trinajstić information content (AvgIpc) is 3.25. The van der Waals surface area contributed by atoms with Gasteiger partial charge in [0.1, 0.15) is 11.5 Å². The second-order valence-electron chi connectivity index (χ2n) is 9.05. The molecule has 1 heterocycles. The van der Waals surface area contributed by atoms with Crippen LogP contribution in [0.5, 0.6) is 11.5 Å². The molecular weight excluding hydrogens is 500 g/mol. The Labute approximate surface area is 222 Å². The number of anilines is 2. The normalized spacial score (nSPS) is 16.6. The summed E-state index contributed by atoms with van der Waals surface area (Å²) in [6.45, 7) is 1.99. The molecule has 2 atom stereocenters. The van der Waals surface area contributed by atoms with Crippen molar-refractivity contribution in [3.05, 3.63) is 114 Å². The lowest BCUT2D eigenvalue weighted by Crippen LogP contribution is -2.33. The number of fused-ring (bicyclic) bond motifs is 1. The first kappa shape index (κ1) is 25.4. The largest absolute Gasteiger partial charge is 0.497 e. The van der Waals surface area contributed by atoms with E-state index in [4.69, 9.17) is 9.47 Å². The molecule has 0 bridgehead atoms. The summed E-state index contributed by atoms with van der Waals surface area (Å²) < 4.78 is 40.6. The van der Waals surface area contributed by atoms with Crippen LogP contribution in [0.4, 0.5) is 11.4 Å². The average molecular weight is 529 g/mol. The van der Waals surface area contributed by atoms with E-state index in [0.717, 1.165) is 11.1 Å². The van der Waals surface area contributed by atoms with Crippen molar-refractivity contribution >= 4 is 27.3 Å². The first-order chi connectivity index (χ1) is 18.3. The highest BCUT2D eigenvalue weighted by Crippen LogP contribution is 2.53. The van der Waals surface area contributed by atoms with Crippen LogP contribution in [-0.2, 0) is 10.0 Å². The topological polar surface area (TPSA) is 84.9 Å². The van der Waals surface area contributed by atoms with Gasteiger partial charge >= 0.3 is 0 Å². The number of hydrogen-bond donors (Lipinski definition) is 1. The van der Waals surface area contributed by atoms with Crippen molar-refractivity contribution in [2.45, 2.75) is 23.8 Å². The maximum absolute atomic E-state index is 14.1. The summed E-state index contributed by atoms with van der Waals surface area (Å²) in [7, 11) is -0.857. The van der Waals surface area contributed by atoms with Gasteiger partial charge in [0.15, 0.2) is 0 Å². The number of ether oxygens (including phenoxy) is 2. The molecule has 0 spiro atoms. The van der Waals surface area contributed by atoms with E-state index in [1.807, 2.05) is 43.3 Å². The molecule has 0 aromatic heterocycles. The quantitative estimate of drug-likeness (QED) is 0.318. The summed E-state index contributed by atoms with van der Waals surface area (Å²) >= 11 is 0. The molecule has 0 saturated carbocycles. The SMILES string of the molecule is COc1ccc([C@@H]2[C@@H](C)c3cc(NC(=O)c4ccccc4)c(OC)cc3N2S(=O)(=O)c2ccccc2)cc1. The van der Waals surface area contributed by atoms with Crippen LogP contribution in [-0.4, -0.2) is 28.5 Å². The molecule has 4 aromatic rings. The molecule has 1 amide bonds. The number of rotatable bonds is 7. The number of benzene rings is 4. The minimum atomic E-state index is -3.94. The fourth-order valence-corrected chi connectivity index (χ4v) is 6.67. The van der Waals surface area contributed by atoms with E-state index >= 15 is 0 Å². The van der Waals surface area contributed by atoms with Crippen molar-refractivity contribution in [3.63, 3.8) is 0 Å². The van der Waals surface area contributed by atoms with Gasteiger partial charge in [0, 0.05) is 17.5 Å². The van der Waals surface area contributed by atoms with Crippen LogP contribution in [0.1, 0.15) is 40.4 Å². The third kappa shape index (κ3) is 4.48. The van der Waals surface area contributed by atoms with E-state index in [0.29, 0.717) is 28.4 Å². The van der Waals surface area contributed by atoms with Crippen LogP contribution in [0.25, 0.3) is 0 Å². The monoisotopic (exact) mass is 528 g/mol. The van der Waals surface area contributed by atoms with Crippen LogP contribution in [0.2, 0.25) is 0 Å². The first-order valence-corrected chi connectivity index (χ1v) is 13.6. The van der Waals surface area contributed by atoms with E-state index in [2.05, 4.69) is 5.32 Å². The molecule has 8 heteroatoms. The van der Waals surface area contributed by atoms with Gasteiger partial charge in [-0.05, 0) is 53.6 Å². The molecule has 194 valence electrons. The number of nitrogens with one attached hydrogen (secondary N) is 1. The zero-order valence-corrected chi connectivity index (χ0v) is 22.1. The first-order valence-electron chi connectivity index (χ1n) is 12.2. The second kappa shape index (κ2) is 10.2. The van der Waals surface area contributed by atoms with E-state index < -0.39 is 16.1 Å². The van der Waals surface area contributed by atoms with Gasteiger partial charge in [-0.1, -0.05) is 55.5 Å². The molecule has 4 aromatic carbocycles. The van der Waals surface area contributed by atoms with Crippen molar-refractivity contribution in [2.75, 3.05) is 23.8 Å². The van der Waals surface area contributed by atoms with Crippen molar-refractivity contribution in [1.29, 1.82) is 0 Å². The Morgan fingerprint density at radius 3 is 2.08 bits per heavy atom. The zero-order valence-electron chi connectivity index (χ0n) is 21.3. The molecule has 1 aliphatic heterocycles. The highest BCUT2D eigenvalue weighted by molar-refractivity contribution is 7.92. The summed E-state index contributed by atoms with van der Waals surface area (Å²) in [5.41, 5.74) is 3.10. The summed E-state index contributed by atoms with van der Waals surface area (Å²) in [5, 5.41) is 2.93. The Balaban J connectivity index is 1.65. The third-order valence-electron chi connectivity index (χ3n) is 6.84. The maximum Gasteiger partial charge on any atom is 0.264 e. The van der Waals surface area contributed by atoms with Crippen LogP contribution in [0, 0.1) is 0 Å². The highest BCUT2D eigenvalue weighted by Gasteiger charge is 2.44. The summed E-state index contributed by atoms with van der Waals surface area (Å²) in [6.07, 6.45) is 0. The lowest BCUT2D eigenvalue weighted by atomic mass is 9.92. The molecule has 5 rings (SSSR count). The van der Waals surface area contributed by atoms with Crippen LogP contribution >= 0.6 is 0 Å². The molecule has 0 aliphatic carbocycles. The van der Waals surface area contributed by atoms with E-state index in [9.17, 15) is 13.2 Å². The molecule has 0 radical (unpaired) electrons. The van der Waals surface area contributed by atoms with Gasteiger partial charge in [0.2, 0.25) is 0 Å². The van der Waals surface area contributed by atoms with E-state index in [1.165, 1.54) is 11.4 Å². The summed E-state index contributed by atoms with van der Waals surface area (Å²) in [6, 6.07) is 27.7. The van der Waals surface area contributed by atoms with Crippen LogP contribution in [0.15, 0.2) is 102 Å². The molecule has 0 fully saturated rings. The molecule has 0 saturated heterocycles. The number of carbonyl (C=O) groups is 1. The van der Waals surface area contributed by atoms with Crippen molar-refractivity contribution < 1.29 is 22.7 Å². The Morgan fingerprint density at radius 1 is 0.842 bits per heavy atom. The predicted octanol–water partition coefficient (Wildman–Crippen LogP) is 6.01. The predicted molar refractivity (Wildman–Crippen MR) is 148 cm³/mol. The van der Waals surface area contributed by atoms with Crippen molar-refractivity contribution in [3.8, 4) is 11.5 Å². The number of amides is 1. The number of nitrogens with zero attached hydrogens (tertiary/aromatic N) is 1. The Bertz CT molecular complexity index is 1560. The molecule has 1 aliphatic rings. The fourth-order valence-electron chi connectivity index (χ4n) is 4.93. The lowest BCUT2D eigenvalue weighted by Gasteiger charge is -2.29. The molecule has 0 unspecified atom stereocenters. The second-order valence-corrected chi connectivity index (χ2v) is 10.9. The van der Waals surface area contributed by atoms with Gasteiger partial charge in [-0.15, -0.1) is 0 Å². The number of methoxy groups -OCH3 is 2. The maximum atomic E-state index is 14.1. The van der Waals surface area contributed by atoms with Crippen LogP contribution in [0.3, 0.4) is 0 Å². The lowest BCUT2D eigenvalue weighted by molar-refractivity contribution is 0.102. The number of sulfonamides is 1. The summed E-state index contributed by atoms with van der Waals surface area (Å²) in [4.78, 5) is 13.1. The van der Waals surface area contributed by atoms with Gasteiger partial charge in [-0.3, -0.25) is 9.10 Å². The highest BCUT2D eigenvalue weighted by atomic mass is 32.2. The van der Waals surface area contributed by atoms with Crippen molar-refractivity contribution in [2.24, 2.45) is 0 Å². The Kier molecular flexibility index (Phi) is 6.82. The fraction of sp³-hybridized carbons (Fsp3) is 0.167. The molecule has 38 heavy (non-hydrogen) atoms. The van der Waals surface area contributed by atoms with E-state index in [-0.39, 0.29) is 16.7 Å². The summed E-state index contributed by atoms with van der Waals surface area (Å²) in [5.74, 6) is 0.538. The smallest absolute Gasteiger partial charge is 0.264 e. The van der Waals surface area contributed by atoms with Gasteiger partial charge in [-0.25, -0.2) is 8.42 Å². The standard InChI is InChI=1S/C30H28N2O5S/c1-20-25-18-26(31-30(33)22-10-6-4-7-11-22)28(37-3)19-27(25)32(38(34,35)24-12-8-5-9-13-24)29(20)21-14-16-23(36-2)17-15-21/h4-20,29H,1-3H3,(H,31,33)/t20-,29-/m0/s1. The Morgan fingerprint density at radius 2 is 1.47 bits per heavy atom. The van der Waals surface area contributed by atoms with Crippen molar-refractivity contribution in [1.82, 2.24) is 0 Å². The third-order valence-corrected chi connectivity index (χ3v) is 8.65. The number of carbonyl (C=O) groups excluding carboxylic acids is 1. The minimum absolute atomic E-state index is 0.194. The zero-order chi connectivity index (χ0) is 26.9. The van der Waals surface area contributed by atoms with Crippen LogP contribution < -0.4 is 19.1 Å². The van der Waals surface area contributed by atoms with Gasteiger partial charge in [0.05, 0.1) is 36.5 Å². The van der Waals surface area contributed by atoms with E-state index in [1.54, 1.807) is 67.8 Å².